The van der Waals surface area contributed by atoms with Gasteiger partial charge in [-0.1, -0.05) is 0 Å². The standard InChI is InChI=1S/C14H13BrN2O4/c15-11-8-10(17(18)19)3-4-12(11)16-5-7-21-14(9-16)13-2-1-6-20-13/h1-4,6,8,14H,5,7,9H2. The van der Waals surface area contributed by atoms with E-state index in [4.69, 9.17) is 9.15 Å². The van der Waals surface area contributed by atoms with E-state index in [1.165, 1.54) is 12.1 Å². The van der Waals surface area contributed by atoms with Crippen molar-refractivity contribution < 1.29 is 14.1 Å². The molecule has 0 amide bonds. The number of furan rings is 1. The Morgan fingerprint density at radius 1 is 1.38 bits per heavy atom. The van der Waals surface area contributed by atoms with Gasteiger partial charge in [-0.25, -0.2) is 0 Å². The Hall–Kier alpha value is -1.86. The minimum atomic E-state index is -0.403. The molecule has 21 heavy (non-hydrogen) atoms. The molecule has 1 aliphatic heterocycles. The second kappa shape index (κ2) is 5.87. The molecule has 0 spiro atoms. The van der Waals surface area contributed by atoms with Crippen molar-refractivity contribution in [2.45, 2.75) is 6.10 Å². The van der Waals surface area contributed by atoms with Gasteiger partial charge in [0.2, 0.25) is 0 Å². The van der Waals surface area contributed by atoms with Gasteiger partial charge < -0.3 is 14.1 Å². The van der Waals surface area contributed by atoms with Crippen molar-refractivity contribution in [2.24, 2.45) is 0 Å². The molecule has 1 saturated heterocycles. The van der Waals surface area contributed by atoms with Crippen LogP contribution in [-0.4, -0.2) is 24.6 Å². The first-order valence-electron chi connectivity index (χ1n) is 6.49. The van der Waals surface area contributed by atoms with Crippen molar-refractivity contribution in [3.05, 3.63) is 56.9 Å². The molecule has 0 saturated carbocycles. The van der Waals surface area contributed by atoms with Crippen LogP contribution in [0.4, 0.5) is 11.4 Å². The van der Waals surface area contributed by atoms with Gasteiger partial charge >= 0.3 is 0 Å². The summed E-state index contributed by atoms with van der Waals surface area (Å²) in [6.07, 6.45) is 1.50. The first-order chi connectivity index (χ1) is 10.1. The zero-order valence-corrected chi connectivity index (χ0v) is 12.7. The second-order valence-electron chi connectivity index (χ2n) is 4.71. The lowest BCUT2D eigenvalue weighted by Crippen LogP contribution is -2.38. The van der Waals surface area contributed by atoms with Crippen LogP contribution in [-0.2, 0) is 4.74 Å². The molecule has 0 radical (unpaired) electrons. The fourth-order valence-electron chi connectivity index (χ4n) is 2.38. The summed E-state index contributed by atoms with van der Waals surface area (Å²) in [6, 6.07) is 8.51. The number of nitro benzene ring substituents is 1. The summed E-state index contributed by atoms with van der Waals surface area (Å²) >= 11 is 3.41. The van der Waals surface area contributed by atoms with E-state index < -0.39 is 4.92 Å². The Morgan fingerprint density at radius 3 is 2.90 bits per heavy atom. The zero-order chi connectivity index (χ0) is 14.8. The minimum Gasteiger partial charge on any atom is -0.467 e. The lowest BCUT2D eigenvalue weighted by atomic mass is 10.2. The monoisotopic (exact) mass is 352 g/mol. The Labute approximate surface area is 129 Å². The SMILES string of the molecule is O=[N+]([O-])c1ccc(N2CCOC(c3ccco3)C2)c(Br)c1. The fraction of sp³-hybridized carbons (Fsp3) is 0.286. The van der Waals surface area contributed by atoms with Gasteiger partial charge in [0.1, 0.15) is 11.9 Å². The molecule has 1 fully saturated rings. The number of hydrogen-bond acceptors (Lipinski definition) is 5. The number of morpholine rings is 1. The average molecular weight is 353 g/mol. The summed E-state index contributed by atoms with van der Waals surface area (Å²) in [7, 11) is 0. The van der Waals surface area contributed by atoms with Gasteiger partial charge in [0.15, 0.2) is 0 Å². The van der Waals surface area contributed by atoms with Crippen LogP contribution in [0.25, 0.3) is 0 Å². The van der Waals surface area contributed by atoms with Crippen LogP contribution in [0.15, 0.2) is 45.5 Å². The number of rotatable bonds is 3. The summed E-state index contributed by atoms with van der Waals surface area (Å²) in [5.41, 5.74) is 0.988. The molecule has 1 aromatic heterocycles. The van der Waals surface area contributed by atoms with Gasteiger partial charge in [-0.2, -0.15) is 0 Å². The molecule has 1 aliphatic rings. The smallest absolute Gasteiger partial charge is 0.270 e. The average Bonchev–Trinajstić information content (AvgIpc) is 3.01. The molecular weight excluding hydrogens is 340 g/mol. The van der Waals surface area contributed by atoms with Crippen molar-refractivity contribution in [1.29, 1.82) is 0 Å². The maximum Gasteiger partial charge on any atom is 0.270 e. The summed E-state index contributed by atoms with van der Waals surface area (Å²) in [5.74, 6) is 0.790. The number of ether oxygens (including phenoxy) is 1. The number of anilines is 1. The van der Waals surface area contributed by atoms with E-state index in [9.17, 15) is 10.1 Å². The van der Waals surface area contributed by atoms with Crippen LogP contribution >= 0.6 is 15.9 Å². The van der Waals surface area contributed by atoms with Crippen LogP contribution < -0.4 is 4.90 Å². The molecule has 1 unspecified atom stereocenters. The maximum atomic E-state index is 10.8. The Kier molecular flexibility index (Phi) is 3.94. The molecule has 0 N–H and O–H groups in total. The molecule has 0 bridgehead atoms. The highest BCUT2D eigenvalue weighted by molar-refractivity contribution is 9.10. The van der Waals surface area contributed by atoms with Crippen molar-refractivity contribution >= 4 is 27.3 Å². The third-order valence-electron chi connectivity index (χ3n) is 3.41. The molecule has 3 rings (SSSR count). The summed E-state index contributed by atoms with van der Waals surface area (Å²) in [6.45, 7) is 1.95. The molecule has 110 valence electrons. The molecular formula is C14H13BrN2O4. The maximum absolute atomic E-state index is 10.8. The zero-order valence-electron chi connectivity index (χ0n) is 11.1. The van der Waals surface area contributed by atoms with E-state index >= 15 is 0 Å². The third kappa shape index (κ3) is 2.93. The van der Waals surface area contributed by atoms with Crippen molar-refractivity contribution in [1.82, 2.24) is 0 Å². The highest BCUT2D eigenvalue weighted by Crippen LogP contribution is 2.33. The molecule has 2 aromatic rings. The molecule has 2 heterocycles. The van der Waals surface area contributed by atoms with Crippen LogP contribution in [0.3, 0.4) is 0 Å². The first-order valence-corrected chi connectivity index (χ1v) is 7.28. The number of hydrogen-bond donors (Lipinski definition) is 0. The Bertz CT molecular complexity index is 644. The normalized spacial score (nSPS) is 18.7. The summed E-state index contributed by atoms with van der Waals surface area (Å²) in [5, 5.41) is 10.8. The predicted molar refractivity (Wildman–Crippen MR) is 80.4 cm³/mol. The van der Waals surface area contributed by atoms with Crippen molar-refractivity contribution in [3.63, 3.8) is 0 Å². The molecule has 1 atom stereocenters. The quantitative estimate of drug-likeness (QED) is 0.624. The van der Waals surface area contributed by atoms with E-state index in [0.717, 1.165) is 18.0 Å². The largest absolute Gasteiger partial charge is 0.467 e. The number of nitro groups is 1. The first kappa shape index (κ1) is 14.1. The molecule has 7 heteroatoms. The Balaban J connectivity index is 1.82. The van der Waals surface area contributed by atoms with E-state index in [1.807, 2.05) is 12.1 Å². The van der Waals surface area contributed by atoms with Gasteiger partial charge in [-0.05, 0) is 34.1 Å². The minimum absolute atomic E-state index is 0.0708. The number of benzene rings is 1. The van der Waals surface area contributed by atoms with Crippen molar-refractivity contribution in [3.8, 4) is 0 Å². The Morgan fingerprint density at radius 2 is 2.24 bits per heavy atom. The highest BCUT2D eigenvalue weighted by Gasteiger charge is 2.25. The topological polar surface area (TPSA) is 68.8 Å². The van der Waals surface area contributed by atoms with Gasteiger partial charge in [0, 0.05) is 23.2 Å². The summed E-state index contributed by atoms with van der Waals surface area (Å²) < 4.78 is 11.8. The van der Waals surface area contributed by atoms with Gasteiger partial charge in [-0.15, -0.1) is 0 Å². The van der Waals surface area contributed by atoms with E-state index in [2.05, 4.69) is 20.8 Å². The molecule has 1 aromatic carbocycles. The fourth-order valence-corrected chi connectivity index (χ4v) is 3.00. The number of nitrogens with zero attached hydrogens (tertiary/aromatic N) is 2. The molecule has 6 nitrogen and oxygen atoms in total. The van der Waals surface area contributed by atoms with E-state index in [-0.39, 0.29) is 11.8 Å². The van der Waals surface area contributed by atoms with Crippen LogP contribution in [0, 0.1) is 10.1 Å². The lowest BCUT2D eigenvalue weighted by Gasteiger charge is -2.34. The highest BCUT2D eigenvalue weighted by atomic mass is 79.9. The number of non-ortho nitro benzene ring substituents is 1. The van der Waals surface area contributed by atoms with Crippen LogP contribution in [0.5, 0.6) is 0 Å². The molecule has 0 aliphatic carbocycles. The second-order valence-corrected chi connectivity index (χ2v) is 5.57. The van der Waals surface area contributed by atoms with Gasteiger partial charge in [0.25, 0.3) is 5.69 Å². The van der Waals surface area contributed by atoms with Crippen LogP contribution in [0.1, 0.15) is 11.9 Å². The summed E-state index contributed by atoms with van der Waals surface area (Å²) in [4.78, 5) is 12.5. The van der Waals surface area contributed by atoms with Gasteiger partial charge in [0.05, 0.1) is 30.0 Å². The van der Waals surface area contributed by atoms with Gasteiger partial charge in [-0.3, -0.25) is 10.1 Å². The third-order valence-corrected chi connectivity index (χ3v) is 4.04. The van der Waals surface area contributed by atoms with Crippen molar-refractivity contribution in [2.75, 3.05) is 24.6 Å². The van der Waals surface area contributed by atoms with Crippen LogP contribution in [0.2, 0.25) is 0 Å². The lowest BCUT2D eigenvalue weighted by molar-refractivity contribution is -0.384. The van der Waals surface area contributed by atoms with E-state index in [1.54, 1.807) is 12.3 Å². The predicted octanol–water partition coefficient (Wildman–Crippen LogP) is 3.53. The number of halogens is 1. The van der Waals surface area contributed by atoms with E-state index in [0.29, 0.717) is 17.6 Å².